The average Bonchev–Trinajstić information content (AvgIpc) is 2.96. The molecule has 3 rings (SSSR count). The van der Waals surface area contributed by atoms with Crippen molar-refractivity contribution >= 4 is 5.91 Å². The number of rotatable bonds is 3. The molecule has 0 spiro atoms. The van der Waals surface area contributed by atoms with Crippen molar-refractivity contribution in [2.75, 3.05) is 20.1 Å². The Labute approximate surface area is 130 Å². The summed E-state index contributed by atoms with van der Waals surface area (Å²) in [5.74, 6) is 0.102. The van der Waals surface area contributed by atoms with Crippen molar-refractivity contribution in [3.63, 3.8) is 0 Å². The predicted molar refractivity (Wildman–Crippen MR) is 86.6 cm³/mol. The standard InChI is InChI=1S/C17H22N4O/c1-21(16-3-2-9-18-10-8-16)17(22)14-6-4-13(5-7-14)15-11-19-20-12-15/h4-7,11-12,16,18H,2-3,8-10H2,1H3,(H,19,20). The molecule has 2 N–H and O–H groups in total. The lowest BCUT2D eigenvalue weighted by molar-refractivity contribution is 0.0720. The number of benzene rings is 1. The molecule has 0 radical (unpaired) electrons. The molecule has 1 amide bonds. The van der Waals surface area contributed by atoms with Gasteiger partial charge in [-0.25, -0.2) is 0 Å². The summed E-state index contributed by atoms with van der Waals surface area (Å²) in [6, 6.07) is 8.07. The maximum absolute atomic E-state index is 12.6. The van der Waals surface area contributed by atoms with Crippen molar-refractivity contribution in [1.29, 1.82) is 0 Å². The van der Waals surface area contributed by atoms with Gasteiger partial charge in [0.1, 0.15) is 0 Å². The van der Waals surface area contributed by atoms with Gasteiger partial charge in [0, 0.05) is 30.4 Å². The van der Waals surface area contributed by atoms with E-state index in [1.165, 1.54) is 0 Å². The summed E-state index contributed by atoms with van der Waals surface area (Å²) in [6.45, 7) is 2.04. The van der Waals surface area contributed by atoms with Gasteiger partial charge < -0.3 is 10.2 Å². The van der Waals surface area contributed by atoms with Crippen LogP contribution >= 0.6 is 0 Å². The third-order valence-corrected chi connectivity index (χ3v) is 4.38. The van der Waals surface area contributed by atoms with Gasteiger partial charge in [-0.2, -0.15) is 5.10 Å². The van der Waals surface area contributed by atoms with E-state index in [0.717, 1.165) is 49.0 Å². The molecule has 1 aliphatic heterocycles. The molecule has 5 heteroatoms. The third kappa shape index (κ3) is 3.20. The molecule has 1 aromatic carbocycles. The van der Waals surface area contributed by atoms with Crippen molar-refractivity contribution in [2.24, 2.45) is 0 Å². The Morgan fingerprint density at radius 2 is 2.00 bits per heavy atom. The zero-order valence-electron chi connectivity index (χ0n) is 12.9. The normalized spacial score (nSPS) is 18.7. The average molecular weight is 298 g/mol. The number of aromatic amines is 1. The molecule has 1 atom stereocenters. The first kappa shape index (κ1) is 14.8. The van der Waals surface area contributed by atoms with Crippen LogP contribution in [0.25, 0.3) is 11.1 Å². The first-order valence-electron chi connectivity index (χ1n) is 7.83. The van der Waals surface area contributed by atoms with Gasteiger partial charge in [0.2, 0.25) is 0 Å². The number of carbonyl (C=O) groups is 1. The van der Waals surface area contributed by atoms with Gasteiger partial charge in [-0.15, -0.1) is 0 Å². The van der Waals surface area contributed by atoms with E-state index in [4.69, 9.17) is 0 Å². The molecular formula is C17H22N4O. The zero-order valence-corrected chi connectivity index (χ0v) is 12.9. The summed E-state index contributed by atoms with van der Waals surface area (Å²) in [7, 11) is 1.92. The van der Waals surface area contributed by atoms with E-state index in [9.17, 15) is 4.79 Å². The Hall–Kier alpha value is -2.14. The van der Waals surface area contributed by atoms with Gasteiger partial charge in [0.25, 0.3) is 5.91 Å². The lowest BCUT2D eigenvalue weighted by atomic mass is 10.0. The van der Waals surface area contributed by atoms with Gasteiger partial charge in [-0.05, 0) is 50.0 Å². The van der Waals surface area contributed by atoms with Crippen LogP contribution in [-0.2, 0) is 0 Å². The van der Waals surface area contributed by atoms with E-state index in [1.54, 1.807) is 6.20 Å². The molecule has 0 aliphatic carbocycles. The first-order valence-corrected chi connectivity index (χ1v) is 7.83. The van der Waals surface area contributed by atoms with E-state index >= 15 is 0 Å². The Balaban J connectivity index is 1.71. The highest BCUT2D eigenvalue weighted by Crippen LogP contribution is 2.20. The fraction of sp³-hybridized carbons (Fsp3) is 0.412. The van der Waals surface area contributed by atoms with Crippen molar-refractivity contribution in [3.8, 4) is 11.1 Å². The van der Waals surface area contributed by atoms with E-state index in [0.29, 0.717) is 6.04 Å². The van der Waals surface area contributed by atoms with E-state index < -0.39 is 0 Å². The van der Waals surface area contributed by atoms with Crippen LogP contribution in [0.5, 0.6) is 0 Å². The molecular weight excluding hydrogens is 276 g/mol. The lowest BCUT2D eigenvalue weighted by Gasteiger charge is -2.27. The second-order valence-corrected chi connectivity index (χ2v) is 5.82. The summed E-state index contributed by atoms with van der Waals surface area (Å²) in [6.07, 6.45) is 6.85. The van der Waals surface area contributed by atoms with Crippen LogP contribution in [0.3, 0.4) is 0 Å². The molecule has 1 aromatic heterocycles. The smallest absolute Gasteiger partial charge is 0.253 e. The van der Waals surface area contributed by atoms with Gasteiger partial charge in [0.15, 0.2) is 0 Å². The van der Waals surface area contributed by atoms with E-state index in [1.807, 2.05) is 42.4 Å². The van der Waals surface area contributed by atoms with Crippen molar-refractivity contribution in [1.82, 2.24) is 20.4 Å². The molecule has 5 nitrogen and oxygen atoms in total. The molecule has 1 aliphatic rings. The van der Waals surface area contributed by atoms with Crippen LogP contribution in [-0.4, -0.2) is 47.2 Å². The molecule has 1 unspecified atom stereocenters. The Morgan fingerprint density at radius 1 is 1.18 bits per heavy atom. The Bertz CT molecular complexity index is 598. The van der Waals surface area contributed by atoms with Crippen molar-refractivity contribution < 1.29 is 4.79 Å². The minimum absolute atomic E-state index is 0.102. The van der Waals surface area contributed by atoms with E-state index in [2.05, 4.69) is 15.5 Å². The summed E-state index contributed by atoms with van der Waals surface area (Å²) >= 11 is 0. The second kappa shape index (κ2) is 6.75. The van der Waals surface area contributed by atoms with E-state index in [-0.39, 0.29) is 5.91 Å². The lowest BCUT2D eigenvalue weighted by Crippen LogP contribution is -2.37. The molecule has 0 bridgehead atoms. The van der Waals surface area contributed by atoms with Crippen LogP contribution in [0.4, 0.5) is 0 Å². The quantitative estimate of drug-likeness (QED) is 0.914. The zero-order chi connectivity index (χ0) is 15.4. The Kier molecular flexibility index (Phi) is 4.53. The second-order valence-electron chi connectivity index (χ2n) is 5.82. The summed E-state index contributed by atoms with van der Waals surface area (Å²) < 4.78 is 0. The topological polar surface area (TPSA) is 61.0 Å². The highest BCUT2D eigenvalue weighted by Gasteiger charge is 2.22. The molecule has 1 saturated heterocycles. The molecule has 2 heterocycles. The minimum atomic E-state index is 0.102. The van der Waals surface area contributed by atoms with Gasteiger partial charge in [-0.1, -0.05) is 12.1 Å². The number of H-pyrrole nitrogens is 1. The van der Waals surface area contributed by atoms with Crippen LogP contribution in [0.2, 0.25) is 0 Å². The third-order valence-electron chi connectivity index (χ3n) is 4.38. The number of hydrogen-bond donors (Lipinski definition) is 2. The number of aromatic nitrogens is 2. The fourth-order valence-electron chi connectivity index (χ4n) is 2.97. The molecule has 1 fully saturated rings. The molecule has 2 aromatic rings. The molecule has 22 heavy (non-hydrogen) atoms. The largest absolute Gasteiger partial charge is 0.339 e. The van der Waals surface area contributed by atoms with Gasteiger partial charge in [-0.3, -0.25) is 9.89 Å². The minimum Gasteiger partial charge on any atom is -0.339 e. The van der Waals surface area contributed by atoms with Crippen molar-refractivity contribution in [3.05, 3.63) is 42.2 Å². The highest BCUT2D eigenvalue weighted by atomic mass is 16.2. The first-order chi connectivity index (χ1) is 10.8. The van der Waals surface area contributed by atoms with Crippen molar-refractivity contribution in [2.45, 2.75) is 25.3 Å². The summed E-state index contributed by atoms with van der Waals surface area (Å²) in [5, 5.41) is 10.1. The number of amides is 1. The summed E-state index contributed by atoms with van der Waals surface area (Å²) in [4.78, 5) is 14.5. The molecule has 0 saturated carbocycles. The monoisotopic (exact) mass is 298 g/mol. The Morgan fingerprint density at radius 3 is 2.73 bits per heavy atom. The fourth-order valence-corrected chi connectivity index (χ4v) is 2.97. The van der Waals surface area contributed by atoms with Crippen LogP contribution in [0.15, 0.2) is 36.7 Å². The van der Waals surface area contributed by atoms with Gasteiger partial charge in [0.05, 0.1) is 6.20 Å². The summed E-state index contributed by atoms with van der Waals surface area (Å²) in [5.41, 5.74) is 2.83. The number of carbonyl (C=O) groups excluding carboxylic acids is 1. The maximum atomic E-state index is 12.6. The van der Waals surface area contributed by atoms with Crippen LogP contribution < -0.4 is 5.32 Å². The number of nitrogens with zero attached hydrogens (tertiary/aromatic N) is 2. The maximum Gasteiger partial charge on any atom is 0.253 e. The van der Waals surface area contributed by atoms with Crippen LogP contribution in [0.1, 0.15) is 29.6 Å². The van der Waals surface area contributed by atoms with Crippen LogP contribution in [0, 0.1) is 0 Å². The SMILES string of the molecule is CN(C(=O)c1ccc(-c2cn[nH]c2)cc1)C1CCCNCC1. The predicted octanol–water partition coefficient (Wildman–Crippen LogP) is 2.29. The highest BCUT2D eigenvalue weighted by molar-refractivity contribution is 5.94. The number of nitrogens with one attached hydrogen (secondary N) is 2. The number of hydrogen-bond acceptors (Lipinski definition) is 3. The van der Waals surface area contributed by atoms with Gasteiger partial charge >= 0.3 is 0 Å². The molecule has 116 valence electrons.